The van der Waals surface area contributed by atoms with Crippen molar-refractivity contribution in [2.45, 2.75) is 38.6 Å². The zero-order valence-electron chi connectivity index (χ0n) is 20.7. The lowest BCUT2D eigenvalue weighted by Crippen LogP contribution is -2.33. The van der Waals surface area contributed by atoms with Gasteiger partial charge in [-0.15, -0.1) is 0 Å². The predicted octanol–water partition coefficient (Wildman–Crippen LogP) is 6.90. The quantitative estimate of drug-likeness (QED) is 0.385. The fraction of sp³-hybridized carbons (Fsp3) is 0.345. The van der Waals surface area contributed by atoms with E-state index in [1.165, 1.54) is 11.3 Å². The molecule has 3 aromatic rings. The number of methoxy groups -OCH3 is 1. The normalized spacial score (nSPS) is 19.8. The molecule has 0 spiro atoms. The maximum Gasteiger partial charge on any atom is 0.143 e. The molecule has 1 atom stereocenters. The van der Waals surface area contributed by atoms with Gasteiger partial charge in [-0.25, -0.2) is 9.37 Å². The Labute approximate surface area is 216 Å². The smallest absolute Gasteiger partial charge is 0.143 e. The highest BCUT2D eigenvalue weighted by molar-refractivity contribution is 6.30. The maximum atomic E-state index is 14.4. The van der Waals surface area contributed by atoms with Crippen LogP contribution in [0.25, 0.3) is 11.8 Å². The number of aromatic nitrogens is 2. The number of ether oxygens (including phenoxy) is 2. The molecule has 2 aliphatic rings. The molecule has 0 aliphatic carbocycles. The Kier molecular flexibility index (Phi) is 7.44. The van der Waals surface area contributed by atoms with Gasteiger partial charge in [0.1, 0.15) is 11.6 Å². The van der Waals surface area contributed by atoms with Gasteiger partial charge in [-0.05, 0) is 79.6 Å². The van der Waals surface area contributed by atoms with Crippen molar-refractivity contribution in [3.63, 3.8) is 0 Å². The van der Waals surface area contributed by atoms with Crippen LogP contribution < -0.4 is 4.74 Å². The molecule has 1 saturated heterocycles. The number of fused-ring (bicyclic) bond motifs is 1. The third-order valence-corrected chi connectivity index (χ3v) is 7.16. The SMILES string of the molecule is COc1cc(C=C2CCCN3C2=CCCOCCC3c2ccc(Cl)c(F)c2)ccc1-n1cnc(C)c1. The number of rotatable bonds is 4. The Morgan fingerprint density at radius 2 is 2.08 bits per heavy atom. The van der Waals surface area contributed by atoms with Crippen molar-refractivity contribution in [3.05, 3.63) is 93.9 Å². The van der Waals surface area contributed by atoms with Gasteiger partial charge in [-0.1, -0.05) is 29.8 Å². The molecule has 188 valence electrons. The van der Waals surface area contributed by atoms with Gasteiger partial charge in [0.2, 0.25) is 0 Å². The summed E-state index contributed by atoms with van der Waals surface area (Å²) in [5, 5.41) is 0.149. The summed E-state index contributed by atoms with van der Waals surface area (Å²) in [5.41, 5.74) is 6.40. The van der Waals surface area contributed by atoms with Crippen LogP contribution in [0.15, 0.2) is 66.3 Å². The minimum absolute atomic E-state index is 0.0196. The summed E-state index contributed by atoms with van der Waals surface area (Å²) in [7, 11) is 1.69. The Hall–Kier alpha value is -3.09. The van der Waals surface area contributed by atoms with E-state index in [0.717, 1.165) is 60.5 Å². The van der Waals surface area contributed by atoms with Gasteiger partial charge < -0.3 is 18.9 Å². The van der Waals surface area contributed by atoms with E-state index < -0.39 is 0 Å². The van der Waals surface area contributed by atoms with Crippen LogP contribution in [0, 0.1) is 12.7 Å². The van der Waals surface area contributed by atoms with Gasteiger partial charge in [0, 0.05) is 25.0 Å². The fourth-order valence-electron chi connectivity index (χ4n) is 5.14. The van der Waals surface area contributed by atoms with E-state index in [-0.39, 0.29) is 16.9 Å². The predicted molar refractivity (Wildman–Crippen MR) is 141 cm³/mol. The summed E-state index contributed by atoms with van der Waals surface area (Å²) in [6.45, 7) is 4.20. The second-order valence-electron chi connectivity index (χ2n) is 9.29. The first kappa shape index (κ1) is 24.6. The monoisotopic (exact) mass is 507 g/mol. The van der Waals surface area contributed by atoms with Crippen molar-refractivity contribution in [1.29, 1.82) is 0 Å². The molecule has 1 fully saturated rings. The molecule has 7 heteroatoms. The number of hydrogen-bond acceptors (Lipinski definition) is 4. The Balaban J connectivity index is 1.50. The number of hydrogen-bond donors (Lipinski definition) is 0. The van der Waals surface area contributed by atoms with Crippen LogP contribution in [-0.2, 0) is 4.74 Å². The summed E-state index contributed by atoms with van der Waals surface area (Å²) >= 11 is 5.98. The standard InChI is InChI=1S/C29H31ClFN3O2/c1-20-18-33(19-32-20)28-10-7-21(16-29(28)35-2)15-22-5-3-12-34-26(22)6-4-13-36-14-11-27(34)23-8-9-24(30)25(31)17-23/h6-10,15-19,27H,3-5,11-14H2,1-2H3. The molecule has 0 amide bonds. The third-order valence-electron chi connectivity index (χ3n) is 6.86. The minimum Gasteiger partial charge on any atom is -0.495 e. The molecule has 0 radical (unpaired) electrons. The van der Waals surface area contributed by atoms with Crippen molar-refractivity contribution in [2.75, 3.05) is 26.9 Å². The Bertz CT molecular complexity index is 1300. The molecule has 0 N–H and O–H groups in total. The molecule has 36 heavy (non-hydrogen) atoms. The molecule has 3 heterocycles. The van der Waals surface area contributed by atoms with Crippen molar-refractivity contribution in [1.82, 2.24) is 14.5 Å². The van der Waals surface area contributed by atoms with Gasteiger partial charge in [0.25, 0.3) is 0 Å². The van der Waals surface area contributed by atoms with E-state index in [0.29, 0.717) is 13.2 Å². The second kappa shape index (κ2) is 10.9. The Morgan fingerprint density at radius 3 is 2.86 bits per heavy atom. The summed E-state index contributed by atoms with van der Waals surface area (Å²) in [4.78, 5) is 6.76. The molecule has 0 bridgehead atoms. The van der Waals surface area contributed by atoms with Gasteiger partial charge in [-0.2, -0.15) is 0 Å². The van der Waals surface area contributed by atoms with Gasteiger partial charge in [0.05, 0.1) is 42.5 Å². The van der Waals surface area contributed by atoms with Crippen LogP contribution in [0.1, 0.15) is 48.5 Å². The number of aryl methyl sites for hydroxylation is 1. The largest absolute Gasteiger partial charge is 0.495 e. The summed E-state index contributed by atoms with van der Waals surface area (Å²) < 4.78 is 28.0. The molecule has 0 saturated carbocycles. The van der Waals surface area contributed by atoms with Gasteiger partial charge >= 0.3 is 0 Å². The molecule has 2 aliphatic heterocycles. The molecular weight excluding hydrogens is 477 g/mol. The van der Waals surface area contributed by atoms with E-state index in [9.17, 15) is 4.39 Å². The van der Waals surface area contributed by atoms with Gasteiger partial charge in [-0.3, -0.25) is 0 Å². The van der Waals surface area contributed by atoms with Gasteiger partial charge in [0.15, 0.2) is 0 Å². The third kappa shape index (κ3) is 5.20. The van der Waals surface area contributed by atoms with Crippen LogP contribution in [0.5, 0.6) is 5.75 Å². The molecule has 1 aromatic heterocycles. The van der Waals surface area contributed by atoms with E-state index >= 15 is 0 Å². The van der Waals surface area contributed by atoms with Crippen LogP contribution in [0.3, 0.4) is 0 Å². The number of imidazole rings is 1. The minimum atomic E-state index is -0.381. The van der Waals surface area contributed by atoms with Crippen molar-refractivity contribution in [2.24, 2.45) is 0 Å². The summed E-state index contributed by atoms with van der Waals surface area (Å²) in [6, 6.07) is 11.4. The number of benzene rings is 2. The van der Waals surface area contributed by atoms with E-state index in [1.54, 1.807) is 25.6 Å². The second-order valence-corrected chi connectivity index (χ2v) is 9.70. The van der Waals surface area contributed by atoms with E-state index in [1.807, 2.05) is 23.8 Å². The molecule has 5 nitrogen and oxygen atoms in total. The topological polar surface area (TPSA) is 39.5 Å². The lowest BCUT2D eigenvalue weighted by molar-refractivity contribution is 0.114. The average Bonchev–Trinajstić information content (AvgIpc) is 3.35. The Morgan fingerprint density at radius 1 is 1.19 bits per heavy atom. The zero-order valence-corrected chi connectivity index (χ0v) is 21.5. The van der Waals surface area contributed by atoms with Crippen LogP contribution in [-0.4, -0.2) is 41.3 Å². The fourth-order valence-corrected chi connectivity index (χ4v) is 5.26. The zero-order chi connectivity index (χ0) is 25.1. The highest BCUT2D eigenvalue weighted by atomic mass is 35.5. The van der Waals surface area contributed by atoms with Crippen molar-refractivity contribution >= 4 is 17.7 Å². The number of piperidine rings is 1. The van der Waals surface area contributed by atoms with Crippen LogP contribution in [0.4, 0.5) is 4.39 Å². The molecular formula is C29H31ClFN3O2. The average molecular weight is 508 g/mol. The number of nitrogens with zero attached hydrogens (tertiary/aromatic N) is 3. The van der Waals surface area contributed by atoms with Crippen molar-refractivity contribution in [3.8, 4) is 11.4 Å². The number of allylic oxidation sites excluding steroid dienone is 1. The molecule has 1 unspecified atom stereocenters. The lowest BCUT2D eigenvalue weighted by Gasteiger charge is -2.40. The lowest BCUT2D eigenvalue weighted by atomic mass is 9.92. The maximum absolute atomic E-state index is 14.4. The molecule has 2 aromatic carbocycles. The summed E-state index contributed by atoms with van der Waals surface area (Å²) in [5.74, 6) is 0.411. The van der Waals surface area contributed by atoms with Crippen molar-refractivity contribution < 1.29 is 13.9 Å². The van der Waals surface area contributed by atoms with Crippen LogP contribution in [0.2, 0.25) is 5.02 Å². The first-order chi connectivity index (χ1) is 17.5. The first-order valence-corrected chi connectivity index (χ1v) is 12.8. The van der Waals surface area contributed by atoms with Crippen LogP contribution >= 0.6 is 11.6 Å². The van der Waals surface area contributed by atoms with E-state index in [4.69, 9.17) is 21.1 Å². The molecule has 5 rings (SSSR count). The summed E-state index contributed by atoms with van der Waals surface area (Å²) in [6.07, 6.45) is 12.0. The van der Waals surface area contributed by atoms with E-state index in [2.05, 4.69) is 40.2 Å². The number of halogens is 2. The highest BCUT2D eigenvalue weighted by Gasteiger charge is 2.28. The highest BCUT2D eigenvalue weighted by Crippen LogP contribution is 2.39. The first-order valence-electron chi connectivity index (χ1n) is 12.4.